The molecular formula is C18H27N3O2. The number of amides is 2. The molecule has 0 saturated heterocycles. The van der Waals surface area contributed by atoms with Crippen LogP contribution < -0.4 is 16.4 Å². The molecule has 0 heterocycles. The lowest BCUT2D eigenvalue weighted by Crippen LogP contribution is -2.39. The summed E-state index contributed by atoms with van der Waals surface area (Å²) in [7, 11) is 0. The summed E-state index contributed by atoms with van der Waals surface area (Å²) in [5.41, 5.74) is 8.94. The lowest BCUT2D eigenvalue weighted by atomic mass is 9.87. The Labute approximate surface area is 138 Å². The molecule has 0 aromatic heterocycles. The number of fused-ring (bicyclic) bond motifs is 1. The van der Waals surface area contributed by atoms with Crippen LogP contribution in [0.4, 0.5) is 5.69 Å². The van der Waals surface area contributed by atoms with Crippen LogP contribution in [-0.2, 0) is 16.0 Å². The zero-order valence-electron chi connectivity index (χ0n) is 14.0. The summed E-state index contributed by atoms with van der Waals surface area (Å²) in [5, 5.41) is 5.71. The van der Waals surface area contributed by atoms with Crippen LogP contribution >= 0.6 is 0 Å². The largest absolute Gasteiger partial charge is 0.399 e. The molecule has 4 N–H and O–H groups in total. The number of aryl methyl sites for hydroxylation is 1. The molecule has 5 nitrogen and oxygen atoms in total. The molecule has 1 aromatic carbocycles. The van der Waals surface area contributed by atoms with E-state index in [4.69, 9.17) is 5.73 Å². The van der Waals surface area contributed by atoms with Crippen LogP contribution in [0.2, 0.25) is 0 Å². The first-order chi connectivity index (χ1) is 11.0. The van der Waals surface area contributed by atoms with Crippen molar-refractivity contribution >= 4 is 17.5 Å². The van der Waals surface area contributed by atoms with E-state index in [1.807, 2.05) is 18.2 Å². The van der Waals surface area contributed by atoms with Gasteiger partial charge in [-0.25, -0.2) is 0 Å². The van der Waals surface area contributed by atoms with Crippen molar-refractivity contribution in [2.75, 3.05) is 12.3 Å². The Bertz CT molecular complexity index is 569. The summed E-state index contributed by atoms with van der Waals surface area (Å²) in [5.74, 6) is 0.281. The highest BCUT2D eigenvalue weighted by Gasteiger charge is 2.21. The first-order valence-corrected chi connectivity index (χ1v) is 8.40. The number of hydrogen-bond donors (Lipinski definition) is 3. The van der Waals surface area contributed by atoms with Crippen LogP contribution in [0.5, 0.6) is 0 Å². The molecule has 1 aromatic rings. The van der Waals surface area contributed by atoms with Gasteiger partial charge < -0.3 is 16.4 Å². The molecular weight excluding hydrogens is 290 g/mol. The minimum atomic E-state index is -0.141. The maximum Gasteiger partial charge on any atom is 0.239 e. The number of carbonyl (C=O) groups excluding carboxylic acids is 2. The monoisotopic (exact) mass is 317 g/mol. The van der Waals surface area contributed by atoms with E-state index in [-0.39, 0.29) is 24.4 Å². The Morgan fingerprint density at radius 2 is 2.09 bits per heavy atom. The van der Waals surface area contributed by atoms with E-state index in [0.29, 0.717) is 12.3 Å². The van der Waals surface area contributed by atoms with Gasteiger partial charge in [-0.15, -0.1) is 0 Å². The highest BCUT2D eigenvalue weighted by Crippen LogP contribution is 2.30. The fourth-order valence-corrected chi connectivity index (χ4v) is 2.92. The molecule has 0 spiro atoms. The summed E-state index contributed by atoms with van der Waals surface area (Å²) in [6.07, 6.45) is 4.26. The molecule has 1 atom stereocenters. The zero-order chi connectivity index (χ0) is 16.8. The number of carbonyl (C=O) groups is 2. The lowest BCUT2D eigenvalue weighted by Gasteiger charge is -2.26. The van der Waals surface area contributed by atoms with E-state index in [1.54, 1.807) is 0 Å². The molecule has 0 saturated carbocycles. The van der Waals surface area contributed by atoms with Crippen molar-refractivity contribution < 1.29 is 9.59 Å². The van der Waals surface area contributed by atoms with E-state index < -0.39 is 0 Å². The normalized spacial score (nSPS) is 16.7. The average molecular weight is 317 g/mol. The molecule has 1 aliphatic rings. The second-order valence-corrected chi connectivity index (χ2v) is 6.68. The molecule has 2 rings (SSSR count). The van der Waals surface area contributed by atoms with Gasteiger partial charge in [0.15, 0.2) is 0 Å². The maximum atomic E-state index is 12.1. The van der Waals surface area contributed by atoms with Gasteiger partial charge in [0.1, 0.15) is 0 Å². The Hall–Kier alpha value is -2.04. The van der Waals surface area contributed by atoms with Crippen molar-refractivity contribution in [3.05, 3.63) is 29.3 Å². The van der Waals surface area contributed by atoms with Crippen molar-refractivity contribution in [2.24, 2.45) is 5.92 Å². The molecule has 1 aliphatic carbocycles. The van der Waals surface area contributed by atoms with Gasteiger partial charge in [0.05, 0.1) is 12.6 Å². The van der Waals surface area contributed by atoms with Crippen LogP contribution in [0.3, 0.4) is 0 Å². The number of hydrogen-bond acceptors (Lipinski definition) is 3. The van der Waals surface area contributed by atoms with Gasteiger partial charge in [-0.2, -0.15) is 0 Å². The van der Waals surface area contributed by atoms with Gasteiger partial charge in [0, 0.05) is 12.1 Å². The van der Waals surface area contributed by atoms with Gasteiger partial charge in [-0.05, 0) is 54.9 Å². The third-order valence-corrected chi connectivity index (χ3v) is 4.21. The highest BCUT2D eigenvalue weighted by atomic mass is 16.2. The van der Waals surface area contributed by atoms with Crippen LogP contribution in [0.1, 0.15) is 56.7 Å². The fourth-order valence-electron chi connectivity index (χ4n) is 2.92. The van der Waals surface area contributed by atoms with Gasteiger partial charge in [0.25, 0.3) is 0 Å². The number of nitrogen functional groups attached to an aromatic ring is 1. The second-order valence-electron chi connectivity index (χ2n) is 6.68. The summed E-state index contributed by atoms with van der Waals surface area (Å²) in [6.45, 7) is 4.19. The SMILES string of the molecule is CC(C)CCC(=O)NCC(=O)NC1CCCc2cc(N)ccc21. The van der Waals surface area contributed by atoms with Gasteiger partial charge in [0.2, 0.25) is 11.8 Å². The standard InChI is InChI=1S/C18H27N3O2/c1-12(2)6-9-17(22)20-11-18(23)21-16-5-3-4-13-10-14(19)7-8-15(13)16/h7-8,10,12,16H,3-6,9,11,19H2,1-2H3,(H,20,22)(H,21,23). The van der Waals surface area contributed by atoms with Gasteiger partial charge in [-0.1, -0.05) is 19.9 Å². The fraction of sp³-hybridized carbons (Fsp3) is 0.556. The first-order valence-electron chi connectivity index (χ1n) is 8.40. The third-order valence-electron chi connectivity index (χ3n) is 4.21. The van der Waals surface area contributed by atoms with Crippen molar-refractivity contribution in [1.29, 1.82) is 0 Å². The molecule has 0 radical (unpaired) electrons. The lowest BCUT2D eigenvalue weighted by molar-refractivity contribution is -0.126. The predicted octanol–water partition coefficient (Wildman–Crippen LogP) is 2.31. The van der Waals surface area contributed by atoms with E-state index in [2.05, 4.69) is 24.5 Å². The Kier molecular flexibility index (Phi) is 6.02. The minimum absolute atomic E-state index is 0.0133. The predicted molar refractivity (Wildman–Crippen MR) is 91.8 cm³/mol. The molecule has 0 aliphatic heterocycles. The summed E-state index contributed by atoms with van der Waals surface area (Å²) in [4.78, 5) is 23.8. The van der Waals surface area contributed by atoms with Crippen molar-refractivity contribution in [3.63, 3.8) is 0 Å². The number of benzene rings is 1. The number of nitrogens with two attached hydrogens (primary N) is 1. The topological polar surface area (TPSA) is 84.2 Å². The maximum absolute atomic E-state index is 12.1. The van der Waals surface area contributed by atoms with Crippen LogP contribution in [0.25, 0.3) is 0 Å². The quantitative estimate of drug-likeness (QED) is 0.704. The smallest absolute Gasteiger partial charge is 0.239 e. The number of rotatable bonds is 6. The molecule has 126 valence electrons. The molecule has 0 bridgehead atoms. The molecule has 2 amide bonds. The van der Waals surface area contributed by atoms with E-state index in [9.17, 15) is 9.59 Å². The summed E-state index contributed by atoms with van der Waals surface area (Å²) < 4.78 is 0. The van der Waals surface area contributed by atoms with Crippen LogP contribution in [0.15, 0.2) is 18.2 Å². The summed E-state index contributed by atoms with van der Waals surface area (Å²) >= 11 is 0. The van der Waals surface area contributed by atoms with Crippen LogP contribution in [-0.4, -0.2) is 18.4 Å². The van der Waals surface area contributed by atoms with Crippen LogP contribution in [0, 0.1) is 5.92 Å². The molecule has 23 heavy (non-hydrogen) atoms. The first kappa shape index (κ1) is 17.3. The van der Waals surface area contributed by atoms with Gasteiger partial charge >= 0.3 is 0 Å². The summed E-state index contributed by atoms with van der Waals surface area (Å²) in [6, 6.07) is 5.87. The van der Waals surface area contributed by atoms with Gasteiger partial charge in [-0.3, -0.25) is 9.59 Å². The van der Waals surface area contributed by atoms with Crippen molar-refractivity contribution in [1.82, 2.24) is 10.6 Å². The Morgan fingerprint density at radius 3 is 2.83 bits per heavy atom. The Morgan fingerprint density at radius 1 is 1.30 bits per heavy atom. The highest BCUT2D eigenvalue weighted by molar-refractivity contribution is 5.84. The number of anilines is 1. The zero-order valence-corrected chi connectivity index (χ0v) is 14.0. The molecule has 0 fully saturated rings. The van der Waals surface area contributed by atoms with Crippen molar-refractivity contribution in [3.8, 4) is 0 Å². The van der Waals surface area contributed by atoms with Crippen molar-refractivity contribution in [2.45, 2.75) is 52.0 Å². The van der Waals surface area contributed by atoms with E-state index >= 15 is 0 Å². The van der Waals surface area contributed by atoms with E-state index in [1.165, 1.54) is 5.56 Å². The van der Waals surface area contributed by atoms with E-state index in [0.717, 1.165) is 36.9 Å². The third kappa shape index (κ3) is 5.27. The average Bonchev–Trinajstić information content (AvgIpc) is 2.50. The molecule has 1 unspecified atom stereocenters. The Balaban J connectivity index is 1.84. The minimum Gasteiger partial charge on any atom is -0.399 e. The molecule has 5 heteroatoms. The second kappa shape index (κ2) is 7.99. The number of nitrogens with one attached hydrogen (secondary N) is 2.